The molecule has 0 fully saturated rings. The van der Waals surface area contributed by atoms with E-state index in [0.717, 1.165) is 47.8 Å². The van der Waals surface area contributed by atoms with Crippen molar-refractivity contribution in [3.63, 3.8) is 0 Å². The zero-order valence-corrected chi connectivity index (χ0v) is 23.1. The van der Waals surface area contributed by atoms with Crippen molar-refractivity contribution < 1.29 is 4.74 Å². The Morgan fingerprint density at radius 3 is 2.31 bits per heavy atom. The molecule has 4 heteroatoms. The van der Waals surface area contributed by atoms with Gasteiger partial charge in [-0.1, -0.05) is 85.3 Å². The van der Waals surface area contributed by atoms with Gasteiger partial charge in [0.15, 0.2) is 0 Å². The van der Waals surface area contributed by atoms with E-state index >= 15 is 0 Å². The number of benzene rings is 4. The van der Waals surface area contributed by atoms with Gasteiger partial charge in [0.05, 0.1) is 12.6 Å². The van der Waals surface area contributed by atoms with Gasteiger partial charge in [0, 0.05) is 23.1 Å². The van der Waals surface area contributed by atoms with E-state index in [0.29, 0.717) is 5.88 Å². The first-order valence-electron chi connectivity index (χ1n) is 13.7. The molecule has 5 aromatic rings. The molecule has 0 amide bonds. The lowest BCUT2D eigenvalue weighted by Gasteiger charge is -2.30. The second-order valence-electron chi connectivity index (χ2n) is 10.6. The maximum atomic E-state index is 7.77. The number of unbranched alkanes of at least 4 members (excludes halogenated alkanes) is 1. The van der Waals surface area contributed by atoms with Crippen LogP contribution >= 0.6 is 0 Å². The number of hydrogen-bond acceptors (Lipinski definition) is 4. The average Bonchev–Trinajstić information content (AvgIpc) is 2.98. The Morgan fingerprint density at radius 1 is 0.795 bits per heavy atom. The van der Waals surface area contributed by atoms with Gasteiger partial charge in [0.1, 0.15) is 0 Å². The number of rotatable bonds is 11. The summed E-state index contributed by atoms with van der Waals surface area (Å²) in [5.74, 6) is 0.957. The second kappa shape index (κ2) is 12.2. The number of nitrogens with zero attached hydrogens (tertiary/aromatic N) is 2. The predicted molar refractivity (Wildman–Crippen MR) is 164 cm³/mol. The summed E-state index contributed by atoms with van der Waals surface area (Å²) < 4.78 is 5.96. The van der Waals surface area contributed by atoms with E-state index in [2.05, 4.69) is 97.9 Å². The van der Waals surface area contributed by atoms with Crippen LogP contribution in [-0.2, 0) is 0 Å². The van der Waals surface area contributed by atoms with E-state index in [1.165, 1.54) is 28.1 Å². The first-order chi connectivity index (χ1) is 19.1. The van der Waals surface area contributed by atoms with Crippen molar-refractivity contribution in [3.8, 4) is 5.88 Å². The summed E-state index contributed by atoms with van der Waals surface area (Å²) in [7, 11) is 6.00. The lowest BCUT2D eigenvalue weighted by atomic mass is 9.74. The Balaban J connectivity index is 1.69. The van der Waals surface area contributed by atoms with Crippen molar-refractivity contribution in [1.29, 1.82) is 5.41 Å². The summed E-state index contributed by atoms with van der Waals surface area (Å²) in [6, 6.07) is 34.5. The zero-order valence-electron chi connectivity index (χ0n) is 23.1. The largest absolute Gasteiger partial charge is 0.481 e. The van der Waals surface area contributed by atoms with Gasteiger partial charge in [-0.05, 0) is 85.1 Å². The van der Waals surface area contributed by atoms with Crippen LogP contribution in [-0.4, -0.2) is 43.8 Å². The van der Waals surface area contributed by atoms with Crippen molar-refractivity contribution in [2.24, 2.45) is 0 Å². The third kappa shape index (κ3) is 6.02. The normalized spacial score (nSPS) is 13.0. The molecular weight excluding hydrogens is 478 g/mol. The fourth-order valence-electron chi connectivity index (χ4n) is 5.72. The van der Waals surface area contributed by atoms with Gasteiger partial charge in [-0.2, -0.15) is 0 Å². The smallest absolute Gasteiger partial charge is 0.217 e. The molecular formula is C35H37N3O. The number of ether oxygens (including phenoxy) is 1. The number of methoxy groups -OCH3 is 1. The van der Waals surface area contributed by atoms with Gasteiger partial charge in [-0.15, -0.1) is 0 Å². The molecule has 2 atom stereocenters. The summed E-state index contributed by atoms with van der Waals surface area (Å²) in [4.78, 5) is 7.22. The minimum atomic E-state index is 0.0576. The number of pyridine rings is 1. The molecule has 198 valence electrons. The molecule has 1 N–H and O–H groups in total. The van der Waals surface area contributed by atoms with E-state index < -0.39 is 0 Å². The van der Waals surface area contributed by atoms with Crippen LogP contribution in [0, 0.1) is 5.41 Å². The maximum Gasteiger partial charge on any atom is 0.217 e. The lowest BCUT2D eigenvalue weighted by Crippen LogP contribution is -2.17. The molecule has 0 saturated carbocycles. The van der Waals surface area contributed by atoms with Crippen molar-refractivity contribution in [1.82, 2.24) is 9.88 Å². The maximum absolute atomic E-state index is 7.77. The van der Waals surface area contributed by atoms with Crippen molar-refractivity contribution in [2.45, 2.75) is 31.1 Å². The van der Waals surface area contributed by atoms with Gasteiger partial charge < -0.3 is 15.0 Å². The summed E-state index contributed by atoms with van der Waals surface area (Å²) >= 11 is 0. The van der Waals surface area contributed by atoms with Crippen LogP contribution in [0.4, 0.5) is 0 Å². The van der Waals surface area contributed by atoms with Crippen molar-refractivity contribution >= 4 is 27.9 Å². The van der Waals surface area contributed by atoms with Crippen molar-refractivity contribution in [3.05, 3.63) is 119 Å². The van der Waals surface area contributed by atoms with E-state index in [1.807, 2.05) is 18.2 Å². The van der Waals surface area contributed by atoms with Crippen LogP contribution in [0.15, 0.2) is 97.1 Å². The quantitative estimate of drug-likeness (QED) is 0.143. The molecule has 0 saturated heterocycles. The zero-order chi connectivity index (χ0) is 27.2. The second-order valence-corrected chi connectivity index (χ2v) is 10.6. The highest BCUT2D eigenvalue weighted by molar-refractivity contribution is 5.88. The molecule has 0 aliphatic heterocycles. The number of fused-ring (bicyclic) bond motifs is 2. The summed E-state index contributed by atoms with van der Waals surface area (Å²) in [5.41, 5.74) is 5.42. The molecule has 0 aliphatic rings. The average molecular weight is 516 g/mol. The monoisotopic (exact) mass is 515 g/mol. The van der Waals surface area contributed by atoms with Crippen LogP contribution in [0.3, 0.4) is 0 Å². The van der Waals surface area contributed by atoms with Crippen LogP contribution in [0.1, 0.15) is 53.4 Å². The molecule has 0 spiro atoms. The molecule has 1 aromatic heterocycles. The van der Waals surface area contributed by atoms with Gasteiger partial charge >= 0.3 is 0 Å². The number of aromatic nitrogens is 1. The van der Waals surface area contributed by atoms with Gasteiger partial charge in [0.25, 0.3) is 0 Å². The third-order valence-electron chi connectivity index (χ3n) is 7.66. The fraction of sp³-hybridized carbons (Fsp3) is 0.257. The highest BCUT2D eigenvalue weighted by atomic mass is 16.5. The van der Waals surface area contributed by atoms with Crippen LogP contribution in [0.2, 0.25) is 0 Å². The molecule has 4 aromatic carbocycles. The van der Waals surface area contributed by atoms with Gasteiger partial charge in [0.2, 0.25) is 5.88 Å². The van der Waals surface area contributed by atoms with E-state index in [-0.39, 0.29) is 11.8 Å². The van der Waals surface area contributed by atoms with Gasteiger partial charge in [-0.3, -0.25) is 0 Å². The Kier molecular flexibility index (Phi) is 8.33. The molecule has 2 unspecified atom stereocenters. The Hall–Kier alpha value is -4.02. The fourth-order valence-corrected chi connectivity index (χ4v) is 5.72. The van der Waals surface area contributed by atoms with Gasteiger partial charge in [-0.25, -0.2) is 4.98 Å². The minimum Gasteiger partial charge on any atom is -0.481 e. The summed E-state index contributed by atoms with van der Waals surface area (Å²) in [6.07, 6.45) is 4.71. The molecule has 0 aliphatic carbocycles. The Morgan fingerprint density at radius 2 is 1.56 bits per heavy atom. The molecule has 1 heterocycles. The highest BCUT2D eigenvalue weighted by Gasteiger charge is 2.30. The molecule has 5 rings (SSSR count). The topological polar surface area (TPSA) is 49.2 Å². The first-order valence-corrected chi connectivity index (χ1v) is 13.7. The highest BCUT2D eigenvalue weighted by Crippen LogP contribution is 2.45. The predicted octanol–water partition coefficient (Wildman–Crippen LogP) is 8.04. The standard InChI is InChI=1S/C35H37N3O/c1-38(2)20-10-9-15-31(29-18-17-26-11-7-8-14-28(26)22-29)34(27-12-5-4-6-13-27)32-23-30-21-25(24-36)16-19-33(30)37-35(32)39-3/h4-8,11-14,16-19,21-24,31,34,36H,9-10,15,20H2,1-3H3. The summed E-state index contributed by atoms with van der Waals surface area (Å²) in [5, 5.41) is 11.3. The minimum absolute atomic E-state index is 0.0576. The Labute approximate surface area is 231 Å². The Bertz CT molecular complexity index is 1560. The lowest BCUT2D eigenvalue weighted by molar-refractivity contribution is 0.376. The first kappa shape index (κ1) is 26.6. The molecule has 4 nitrogen and oxygen atoms in total. The van der Waals surface area contributed by atoms with Crippen LogP contribution in [0.5, 0.6) is 5.88 Å². The third-order valence-corrected chi connectivity index (χ3v) is 7.66. The number of nitrogens with one attached hydrogen (secondary N) is 1. The SMILES string of the molecule is COc1nc2ccc(C=N)cc2cc1C(c1ccccc1)C(CCCCN(C)C)c1ccc2ccccc2c1. The molecule has 0 radical (unpaired) electrons. The van der Waals surface area contributed by atoms with E-state index in [9.17, 15) is 0 Å². The van der Waals surface area contributed by atoms with Crippen molar-refractivity contribution in [2.75, 3.05) is 27.7 Å². The molecule has 39 heavy (non-hydrogen) atoms. The van der Waals surface area contributed by atoms with Crippen LogP contribution in [0.25, 0.3) is 21.7 Å². The number of hydrogen-bond donors (Lipinski definition) is 1. The summed E-state index contributed by atoms with van der Waals surface area (Å²) in [6.45, 7) is 1.08. The van der Waals surface area contributed by atoms with Crippen LogP contribution < -0.4 is 4.74 Å². The molecule has 0 bridgehead atoms. The van der Waals surface area contributed by atoms with E-state index in [1.54, 1.807) is 7.11 Å². The van der Waals surface area contributed by atoms with E-state index in [4.69, 9.17) is 15.1 Å².